The topological polar surface area (TPSA) is 73.2 Å². The second-order valence-electron chi connectivity index (χ2n) is 9.92. The van der Waals surface area contributed by atoms with Gasteiger partial charge in [-0.25, -0.2) is 9.78 Å². The average molecular weight is 556 g/mol. The minimum absolute atomic E-state index is 0.0127. The van der Waals surface area contributed by atoms with Crippen molar-refractivity contribution in [1.82, 2.24) is 14.9 Å². The van der Waals surface area contributed by atoms with Gasteiger partial charge in [-0.1, -0.05) is 81.3 Å². The van der Waals surface area contributed by atoms with E-state index in [-0.39, 0.29) is 17.8 Å². The summed E-state index contributed by atoms with van der Waals surface area (Å²) in [5.74, 6) is 1.31. The molecule has 1 N–H and O–H groups in total. The first-order valence-electron chi connectivity index (χ1n) is 13.2. The number of rotatable bonds is 13. The standard InChI is InChI=1S/C30H38ClN3O3S/c1-5-6-11-27-33-28(31)26(17-32-29(35)23(19-38)16-20(2)3)34(27)18-21-12-14-22(15-13-21)24-9-7-8-10-25(24)30(36)37-4/h7-10,12-15,20,23,38H,5-6,11,16-19H2,1-4H3,(H,32,35). The lowest BCUT2D eigenvalue weighted by atomic mass is 9.98. The predicted molar refractivity (Wildman–Crippen MR) is 157 cm³/mol. The van der Waals surface area contributed by atoms with Crippen LogP contribution in [0.4, 0.5) is 0 Å². The number of halogens is 1. The largest absolute Gasteiger partial charge is 0.465 e. The fraction of sp³-hybridized carbons (Fsp3) is 0.433. The summed E-state index contributed by atoms with van der Waals surface area (Å²) < 4.78 is 7.07. The number of ether oxygens (including phenoxy) is 1. The number of hydrogen-bond donors (Lipinski definition) is 2. The van der Waals surface area contributed by atoms with Crippen molar-refractivity contribution in [3.8, 4) is 11.1 Å². The Labute approximate surface area is 236 Å². The quantitative estimate of drug-likeness (QED) is 0.184. The second kappa shape index (κ2) is 14.4. The number of carbonyl (C=O) groups is 2. The van der Waals surface area contributed by atoms with Gasteiger partial charge in [-0.15, -0.1) is 0 Å². The molecule has 1 aromatic heterocycles. The molecule has 0 fully saturated rings. The summed E-state index contributed by atoms with van der Waals surface area (Å²) in [7, 11) is 1.39. The molecule has 3 aromatic rings. The van der Waals surface area contributed by atoms with E-state index < -0.39 is 0 Å². The first-order chi connectivity index (χ1) is 18.3. The molecule has 0 radical (unpaired) electrons. The van der Waals surface area contributed by atoms with E-state index in [0.29, 0.717) is 35.5 Å². The molecule has 0 spiro atoms. The summed E-state index contributed by atoms with van der Waals surface area (Å²) in [6, 6.07) is 15.5. The van der Waals surface area contributed by atoms with Crippen LogP contribution in [0.25, 0.3) is 11.1 Å². The molecule has 1 atom stereocenters. The van der Waals surface area contributed by atoms with Gasteiger partial charge in [0.25, 0.3) is 0 Å². The molecule has 1 unspecified atom stereocenters. The van der Waals surface area contributed by atoms with Crippen LogP contribution in [0.3, 0.4) is 0 Å². The van der Waals surface area contributed by atoms with Gasteiger partial charge in [0.2, 0.25) is 5.91 Å². The van der Waals surface area contributed by atoms with Crippen molar-refractivity contribution in [3.05, 3.63) is 76.3 Å². The summed E-state index contributed by atoms with van der Waals surface area (Å²) in [5, 5.41) is 3.49. The Balaban J connectivity index is 1.85. The van der Waals surface area contributed by atoms with Crippen LogP contribution in [-0.4, -0.2) is 34.3 Å². The summed E-state index contributed by atoms with van der Waals surface area (Å²) in [5.41, 5.74) is 4.15. The van der Waals surface area contributed by atoms with Crippen LogP contribution in [0.5, 0.6) is 0 Å². The highest BCUT2D eigenvalue weighted by molar-refractivity contribution is 7.80. The van der Waals surface area contributed by atoms with E-state index in [1.54, 1.807) is 6.07 Å². The smallest absolute Gasteiger partial charge is 0.338 e. The number of imidazole rings is 1. The molecule has 3 rings (SSSR count). The molecule has 0 bridgehead atoms. The summed E-state index contributed by atoms with van der Waals surface area (Å²) in [4.78, 5) is 29.7. The van der Waals surface area contributed by atoms with Gasteiger partial charge in [0.1, 0.15) is 5.82 Å². The fourth-order valence-corrected chi connectivity index (χ4v) is 5.11. The van der Waals surface area contributed by atoms with Crippen molar-refractivity contribution >= 4 is 36.1 Å². The number of amides is 1. The maximum atomic E-state index is 12.8. The third-order valence-electron chi connectivity index (χ3n) is 6.57. The zero-order chi connectivity index (χ0) is 27.7. The van der Waals surface area contributed by atoms with Crippen molar-refractivity contribution in [1.29, 1.82) is 0 Å². The lowest BCUT2D eigenvalue weighted by molar-refractivity contribution is -0.124. The Morgan fingerprint density at radius 2 is 1.84 bits per heavy atom. The van der Waals surface area contributed by atoms with Crippen LogP contribution < -0.4 is 5.32 Å². The van der Waals surface area contributed by atoms with Crippen molar-refractivity contribution in [3.63, 3.8) is 0 Å². The van der Waals surface area contributed by atoms with E-state index in [9.17, 15) is 9.59 Å². The Bertz CT molecular complexity index is 1220. The molecular formula is C30H38ClN3O3S. The normalized spacial score (nSPS) is 12.0. The van der Waals surface area contributed by atoms with E-state index >= 15 is 0 Å². The Morgan fingerprint density at radius 3 is 2.47 bits per heavy atom. The molecule has 0 saturated carbocycles. The first-order valence-corrected chi connectivity index (χ1v) is 14.2. The van der Waals surface area contributed by atoms with Crippen molar-refractivity contribution in [2.24, 2.45) is 11.8 Å². The summed E-state index contributed by atoms with van der Waals surface area (Å²) >= 11 is 11.0. The van der Waals surface area contributed by atoms with Crippen LogP contribution in [0.1, 0.15) is 67.5 Å². The van der Waals surface area contributed by atoms with Gasteiger partial charge in [-0.05, 0) is 41.5 Å². The Kier molecular flexibility index (Phi) is 11.3. The first kappa shape index (κ1) is 29.8. The van der Waals surface area contributed by atoms with Gasteiger partial charge in [-0.2, -0.15) is 12.6 Å². The highest BCUT2D eigenvalue weighted by Gasteiger charge is 2.21. The van der Waals surface area contributed by atoms with Crippen LogP contribution in [0.2, 0.25) is 5.15 Å². The highest BCUT2D eigenvalue weighted by Crippen LogP contribution is 2.26. The van der Waals surface area contributed by atoms with Crippen LogP contribution in [-0.2, 0) is 29.0 Å². The maximum absolute atomic E-state index is 12.8. The molecule has 2 aromatic carbocycles. The van der Waals surface area contributed by atoms with Crippen LogP contribution in [0, 0.1) is 11.8 Å². The highest BCUT2D eigenvalue weighted by atomic mass is 35.5. The molecule has 204 valence electrons. The van der Waals surface area contributed by atoms with E-state index in [4.69, 9.17) is 16.3 Å². The zero-order valence-corrected chi connectivity index (χ0v) is 24.3. The van der Waals surface area contributed by atoms with Crippen LogP contribution in [0.15, 0.2) is 48.5 Å². The van der Waals surface area contributed by atoms with Gasteiger partial charge >= 0.3 is 5.97 Å². The van der Waals surface area contributed by atoms with Gasteiger partial charge in [0.15, 0.2) is 5.15 Å². The Hall–Kier alpha value is -2.77. The number of benzene rings is 2. The average Bonchev–Trinajstić information content (AvgIpc) is 3.22. The number of methoxy groups -OCH3 is 1. The molecule has 6 nitrogen and oxygen atoms in total. The maximum Gasteiger partial charge on any atom is 0.338 e. The van der Waals surface area contributed by atoms with Gasteiger partial charge in [0.05, 0.1) is 24.9 Å². The number of thiol groups is 1. The monoisotopic (exact) mass is 555 g/mol. The lowest BCUT2D eigenvalue weighted by Crippen LogP contribution is -2.33. The molecule has 38 heavy (non-hydrogen) atoms. The molecule has 0 aliphatic rings. The molecule has 0 aliphatic carbocycles. The third kappa shape index (κ3) is 7.64. The molecule has 0 saturated heterocycles. The number of hydrogen-bond acceptors (Lipinski definition) is 5. The fourth-order valence-electron chi connectivity index (χ4n) is 4.53. The summed E-state index contributed by atoms with van der Waals surface area (Å²) in [6.45, 7) is 7.24. The van der Waals surface area contributed by atoms with E-state index in [1.807, 2.05) is 42.5 Å². The van der Waals surface area contributed by atoms with Crippen molar-refractivity contribution < 1.29 is 14.3 Å². The number of nitrogens with zero attached hydrogens (tertiary/aromatic N) is 2. The lowest BCUT2D eigenvalue weighted by Gasteiger charge is -2.18. The molecule has 0 aliphatic heterocycles. The SMILES string of the molecule is CCCCc1nc(Cl)c(CNC(=O)C(CS)CC(C)C)n1Cc1ccc(-c2ccccc2C(=O)OC)cc1. The molecule has 1 heterocycles. The summed E-state index contributed by atoms with van der Waals surface area (Å²) in [6.07, 6.45) is 3.64. The van der Waals surface area contributed by atoms with E-state index in [2.05, 4.69) is 48.3 Å². The Morgan fingerprint density at radius 1 is 1.13 bits per heavy atom. The number of unbranched alkanes of at least 4 members (excludes halogenated alkanes) is 1. The van der Waals surface area contributed by atoms with Gasteiger partial charge in [0, 0.05) is 24.6 Å². The zero-order valence-electron chi connectivity index (χ0n) is 22.7. The number of aryl methyl sites for hydroxylation is 1. The molecular weight excluding hydrogens is 518 g/mol. The number of carbonyl (C=O) groups excluding carboxylic acids is 2. The number of aromatic nitrogens is 2. The predicted octanol–water partition coefficient (Wildman–Crippen LogP) is 6.59. The number of esters is 1. The van der Waals surface area contributed by atoms with Gasteiger partial charge in [-0.3, -0.25) is 4.79 Å². The van der Waals surface area contributed by atoms with E-state index in [1.165, 1.54) is 7.11 Å². The van der Waals surface area contributed by atoms with Crippen molar-refractivity contribution in [2.45, 2.75) is 59.5 Å². The minimum atomic E-state index is -0.362. The molecule has 8 heteroatoms. The van der Waals surface area contributed by atoms with E-state index in [0.717, 1.165) is 53.9 Å². The molecule has 1 amide bonds. The second-order valence-corrected chi connectivity index (χ2v) is 10.6. The van der Waals surface area contributed by atoms with Crippen LogP contribution >= 0.6 is 24.2 Å². The third-order valence-corrected chi connectivity index (χ3v) is 7.32. The number of nitrogens with one attached hydrogen (secondary N) is 1. The van der Waals surface area contributed by atoms with Gasteiger partial charge < -0.3 is 14.6 Å². The minimum Gasteiger partial charge on any atom is -0.465 e. The van der Waals surface area contributed by atoms with Crippen molar-refractivity contribution in [2.75, 3.05) is 12.9 Å².